The monoisotopic (exact) mass is 407 g/mol. The van der Waals surface area contributed by atoms with E-state index in [4.69, 9.17) is 9.47 Å². The van der Waals surface area contributed by atoms with Gasteiger partial charge in [0.25, 0.3) is 0 Å². The first-order valence-electron chi connectivity index (χ1n) is 9.41. The Morgan fingerprint density at radius 2 is 1.43 bits per heavy atom. The molecular formula is C24H25NO5. The number of hydrogen-bond acceptors (Lipinski definition) is 6. The van der Waals surface area contributed by atoms with Gasteiger partial charge in [-0.2, -0.15) is 0 Å². The molecule has 0 saturated heterocycles. The topological polar surface area (TPSA) is 82.0 Å². The molecule has 0 spiro atoms. The summed E-state index contributed by atoms with van der Waals surface area (Å²) in [5.41, 5.74) is 0.525. The van der Waals surface area contributed by atoms with Crippen molar-refractivity contribution in [2.24, 2.45) is 4.99 Å². The average Bonchev–Trinajstić information content (AvgIpc) is 2.76. The van der Waals surface area contributed by atoms with Gasteiger partial charge >= 0.3 is 11.9 Å². The van der Waals surface area contributed by atoms with E-state index in [-0.39, 0.29) is 34.0 Å². The lowest BCUT2D eigenvalue weighted by Gasteiger charge is -2.11. The summed E-state index contributed by atoms with van der Waals surface area (Å²) in [4.78, 5) is 40.4. The number of rotatable bonds is 7. The first-order valence-corrected chi connectivity index (χ1v) is 9.41. The molecule has 0 amide bonds. The van der Waals surface area contributed by atoms with Crippen molar-refractivity contribution in [3.05, 3.63) is 84.1 Å². The largest absolute Gasteiger partial charge is 0.422 e. The van der Waals surface area contributed by atoms with Crippen molar-refractivity contribution in [1.29, 1.82) is 0 Å². The third-order valence-electron chi connectivity index (χ3n) is 3.64. The molecule has 156 valence electrons. The van der Waals surface area contributed by atoms with Gasteiger partial charge in [-0.05, 0) is 38.1 Å². The van der Waals surface area contributed by atoms with Gasteiger partial charge in [0.05, 0.1) is 11.1 Å². The molecule has 0 N–H and O–H groups in total. The van der Waals surface area contributed by atoms with Crippen LogP contribution in [-0.2, 0) is 4.79 Å². The van der Waals surface area contributed by atoms with Crippen molar-refractivity contribution in [2.45, 2.75) is 27.7 Å². The molecule has 0 radical (unpaired) electrons. The number of carbonyl (C=O) groups is 3. The Morgan fingerprint density at radius 1 is 0.900 bits per heavy atom. The number of nitrogens with zero attached hydrogens (tertiary/aromatic N) is 1. The molecule has 0 bridgehead atoms. The van der Waals surface area contributed by atoms with Crippen LogP contribution in [0.3, 0.4) is 0 Å². The maximum atomic E-state index is 12.6. The van der Waals surface area contributed by atoms with Crippen LogP contribution in [0.5, 0.6) is 11.5 Å². The summed E-state index contributed by atoms with van der Waals surface area (Å²) in [6.45, 7) is 10.5. The Bertz CT molecular complexity index is 973. The third kappa shape index (κ3) is 6.67. The van der Waals surface area contributed by atoms with Crippen molar-refractivity contribution in [3.63, 3.8) is 0 Å². The van der Waals surface area contributed by atoms with Crippen LogP contribution in [0.1, 0.15) is 48.4 Å². The second-order valence-electron chi connectivity index (χ2n) is 5.53. The van der Waals surface area contributed by atoms with E-state index in [9.17, 15) is 14.4 Å². The molecule has 30 heavy (non-hydrogen) atoms. The van der Waals surface area contributed by atoms with E-state index in [1.54, 1.807) is 37.3 Å². The first-order chi connectivity index (χ1) is 14.5. The number of ketones is 1. The number of aliphatic imine (C=N–C) groups is 1. The molecule has 2 rings (SSSR count). The van der Waals surface area contributed by atoms with Crippen molar-refractivity contribution in [3.8, 4) is 11.5 Å². The van der Waals surface area contributed by atoms with Crippen LogP contribution in [0.4, 0.5) is 0 Å². The van der Waals surface area contributed by atoms with Gasteiger partial charge in [-0.1, -0.05) is 50.8 Å². The van der Waals surface area contributed by atoms with E-state index in [0.717, 1.165) is 0 Å². The number of Topliss-reactive ketones (excluding diaryl/α,β-unsaturated/α-hetero) is 1. The normalized spacial score (nSPS) is 10.6. The Balaban J connectivity index is 0.00000218. The van der Waals surface area contributed by atoms with Gasteiger partial charge < -0.3 is 9.47 Å². The van der Waals surface area contributed by atoms with Crippen LogP contribution >= 0.6 is 0 Å². The minimum Gasteiger partial charge on any atom is -0.422 e. The molecule has 6 heteroatoms. The fraction of sp³-hybridized carbons (Fsp3) is 0.167. The fourth-order valence-corrected chi connectivity index (χ4v) is 2.26. The van der Waals surface area contributed by atoms with Crippen LogP contribution < -0.4 is 9.47 Å². The van der Waals surface area contributed by atoms with Crippen molar-refractivity contribution < 1.29 is 23.9 Å². The lowest BCUT2D eigenvalue weighted by molar-refractivity contribution is -0.129. The van der Waals surface area contributed by atoms with Crippen LogP contribution in [-0.4, -0.2) is 23.9 Å². The van der Waals surface area contributed by atoms with Crippen molar-refractivity contribution in [2.75, 3.05) is 0 Å². The quantitative estimate of drug-likeness (QED) is 0.207. The standard InChI is InChI=1S/C22H19NO5.C2H6/c1-4-16(14-23-5-2)21(25)27-20-13-9-7-11-18(20)22(26)28-19-12-8-6-10-17(19)15(3)24;1-2/h4-14H,2H2,1,3H3;1-2H3/b16-4+,23-14?;. The van der Waals surface area contributed by atoms with Gasteiger partial charge in [-0.15, -0.1) is 0 Å². The second-order valence-corrected chi connectivity index (χ2v) is 5.53. The summed E-state index contributed by atoms with van der Waals surface area (Å²) in [5, 5.41) is 0. The number of benzene rings is 2. The maximum absolute atomic E-state index is 12.6. The molecule has 0 saturated carbocycles. The minimum atomic E-state index is -0.751. The summed E-state index contributed by atoms with van der Waals surface area (Å²) in [7, 11) is 0. The lowest BCUT2D eigenvalue weighted by Crippen LogP contribution is -2.17. The fourth-order valence-electron chi connectivity index (χ4n) is 2.26. The van der Waals surface area contributed by atoms with Crippen molar-refractivity contribution >= 4 is 23.9 Å². The molecular weight excluding hydrogens is 382 g/mol. The molecule has 2 aromatic carbocycles. The van der Waals surface area contributed by atoms with E-state index in [2.05, 4.69) is 11.6 Å². The van der Waals surface area contributed by atoms with E-state index >= 15 is 0 Å². The molecule has 6 nitrogen and oxygen atoms in total. The number of carbonyl (C=O) groups excluding carboxylic acids is 3. The molecule has 0 atom stereocenters. The zero-order valence-corrected chi connectivity index (χ0v) is 17.5. The molecule has 0 aliphatic carbocycles. The van der Waals surface area contributed by atoms with Gasteiger partial charge in [-0.3, -0.25) is 9.79 Å². The Morgan fingerprint density at radius 3 is 1.97 bits per heavy atom. The van der Waals surface area contributed by atoms with Crippen LogP contribution in [0.25, 0.3) is 0 Å². The molecule has 0 aliphatic rings. The number of hydrogen-bond donors (Lipinski definition) is 0. The highest BCUT2D eigenvalue weighted by atomic mass is 16.6. The Hall–Kier alpha value is -3.80. The summed E-state index contributed by atoms with van der Waals surface area (Å²) in [6.07, 6.45) is 4.12. The van der Waals surface area contributed by atoms with E-state index in [1.807, 2.05) is 13.8 Å². The molecule has 0 fully saturated rings. The Kier molecular flexibility index (Phi) is 10.2. The average molecular weight is 407 g/mol. The lowest BCUT2D eigenvalue weighted by atomic mass is 10.1. The summed E-state index contributed by atoms with van der Waals surface area (Å²) in [6, 6.07) is 12.6. The van der Waals surface area contributed by atoms with Gasteiger partial charge in [0.2, 0.25) is 0 Å². The van der Waals surface area contributed by atoms with E-state index in [0.29, 0.717) is 0 Å². The zero-order valence-electron chi connectivity index (χ0n) is 17.5. The highest BCUT2D eigenvalue weighted by Gasteiger charge is 2.20. The number of ether oxygens (including phenoxy) is 2. The highest BCUT2D eigenvalue weighted by molar-refractivity contribution is 6.10. The first kappa shape index (κ1) is 24.2. The molecule has 2 aromatic rings. The smallest absolute Gasteiger partial charge is 0.347 e. The van der Waals surface area contributed by atoms with Crippen LogP contribution in [0.2, 0.25) is 0 Å². The molecule has 0 aliphatic heterocycles. The summed E-state index contributed by atoms with van der Waals surface area (Å²) >= 11 is 0. The van der Waals surface area contributed by atoms with Crippen molar-refractivity contribution in [1.82, 2.24) is 0 Å². The summed E-state index contributed by atoms with van der Waals surface area (Å²) < 4.78 is 10.7. The predicted molar refractivity (Wildman–Crippen MR) is 117 cm³/mol. The maximum Gasteiger partial charge on any atom is 0.347 e. The number of para-hydroxylation sites is 2. The predicted octanol–water partition coefficient (Wildman–Crippen LogP) is 5.20. The van der Waals surface area contributed by atoms with Gasteiger partial charge in [0.15, 0.2) is 5.78 Å². The zero-order chi connectivity index (χ0) is 22.5. The molecule has 0 heterocycles. The summed E-state index contributed by atoms with van der Waals surface area (Å²) in [5.74, 6) is -1.50. The molecule has 0 unspecified atom stereocenters. The van der Waals surface area contributed by atoms with Gasteiger partial charge in [0, 0.05) is 12.4 Å². The van der Waals surface area contributed by atoms with E-state index < -0.39 is 11.9 Å². The van der Waals surface area contributed by atoms with Gasteiger partial charge in [0.1, 0.15) is 17.1 Å². The van der Waals surface area contributed by atoms with Crippen LogP contribution in [0, 0.1) is 0 Å². The van der Waals surface area contributed by atoms with Crippen LogP contribution in [0.15, 0.2) is 78.0 Å². The Labute approximate surface area is 176 Å². The van der Waals surface area contributed by atoms with Gasteiger partial charge in [-0.25, -0.2) is 9.59 Å². The third-order valence-corrected chi connectivity index (χ3v) is 3.64. The van der Waals surface area contributed by atoms with E-state index in [1.165, 1.54) is 43.6 Å². The highest BCUT2D eigenvalue weighted by Crippen LogP contribution is 2.24. The SMILES string of the molecule is C=CN=C/C(=C\C)C(=O)Oc1ccccc1C(=O)Oc1ccccc1C(C)=O.CC. The molecule has 0 aromatic heterocycles. The second kappa shape index (κ2) is 12.6. The minimum absolute atomic E-state index is 0.0316. The number of esters is 2. The number of allylic oxidation sites excluding steroid dienone is 1.